The van der Waals surface area contributed by atoms with Gasteiger partial charge in [0.25, 0.3) is 5.89 Å². The summed E-state index contributed by atoms with van der Waals surface area (Å²) < 4.78 is 25.6. The fourth-order valence-electron chi connectivity index (χ4n) is 4.58. The van der Waals surface area contributed by atoms with Crippen molar-refractivity contribution >= 4 is 12.0 Å². The van der Waals surface area contributed by atoms with Gasteiger partial charge in [-0.3, -0.25) is 9.69 Å². The molecule has 1 aliphatic heterocycles. The van der Waals surface area contributed by atoms with E-state index in [0.29, 0.717) is 43.1 Å². The highest BCUT2D eigenvalue weighted by atomic mass is 19.1. The lowest BCUT2D eigenvalue weighted by Crippen LogP contribution is -2.54. The van der Waals surface area contributed by atoms with E-state index in [2.05, 4.69) is 10.2 Å². The van der Waals surface area contributed by atoms with E-state index in [9.17, 15) is 19.1 Å². The third-order valence-corrected chi connectivity index (χ3v) is 6.41. The Morgan fingerprint density at radius 1 is 1.16 bits per heavy atom. The fraction of sp³-hybridized carbons (Fsp3) is 0.407. The van der Waals surface area contributed by atoms with Crippen molar-refractivity contribution in [3.63, 3.8) is 0 Å². The number of nitrogens with zero attached hydrogens (tertiary/aromatic N) is 4. The SMILES string of the molecule is Cc1nnc(-c2cc(F)ccc2OC2CCN(C(=O)[C@H](C(C)C)N(Cc3ccccc3)C(=O)O)CC2)o1. The summed E-state index contributed by atoms with van der Waals surface area (Å²) in [6.07, 6.45) is -0.256. The molecule has 0 bridgehead atoms. The van der Waals surface area contributed by atoms with Crippen LogP contribution in [0.15, 0.2) is 52.9 Å². The van der Waals surface area contributed by atoms with Crippen molar-refractivity contribution in [3.05, 3.63) is 65.8 Å². The Bertz CT molecular complexity index is 1220. The largest absolute Gasteiger partial charge is 0.489 e. The normalized spacial score (nSPS) is 15.0. The Kier molecular flexibility index (Phi) is 8.05. The third-order valence-electron chi connectivity index (χ3n) is 6.41. The molecule has 2 heterocycles. The van der Waals surface area contributed by atoms with Crippen molar-refractivity contribution < 1.29 is 28.2 Å². The molecule has 0 radical (unpaired) electrons. The number of hydrogen-bond donors (Lipinski definition) is 1. The number of benzene rings is 2. The maximum Gasteiger partial charge on any atom is 0.408 e. The van der Waals surface area contributed by atoms with Crippen LogP contribution in [0.2, 0.25) is 0 Å². The smallest absolute Gasteiger partial charge is 0.408 e. The maximum absolute atomic E-state index is 13.9. The first-order valence-corrected chi connectivity index (χ1v) is 12.3. The molecule has 10 heteroatoms. The Hall–Kier alpha value is -3.95. The highest BCUT2D eigenvalue weighted by Gasteiger charge is 2.37. The zero-order valence-corrected chi connectivity index (χ0v) is 21.1. The zero-order valence-electron chi connectivity index (χ0n) is 21.1. The molecule has 1 saturated heterocycles. The molecule has 0 unspecified atom stereocenters. The summed E-state index contributed by atoms with van der Waals surface area (Å²) >= 11 is 0. The number of likely N-dealkylation sites (tertiary alicyclic amines) is 1. The summed E-state index contributed by atoms with van der Waals surface area (Å²) in [6.45, 7) is 6.33. The lowest BCUT2D eigenvalue weighted by atomic mass is 9.98. The number of rotatable bonds is 8. The molecule has 4 rings (SSSR count). The molecule has 1 fully saturated rings. The van der Waals surface area contributed by atoms with E-state index in [1.54, 1.807) is 11.8 Å². The van der Waals surface area contributed by atoms with Crippen LogP contribution in [0, 0.1) is 18.7 Å². The van der Waals surface area contributed by atoms with Gasteiger partial charge in [0, 0.05) is 39.4 Å². The third kappa shape index (κ3) is 6.25. The lowest BCUT2D eigenvalue weighted by molar-refractivity contribution is -0.140. The number of carboxylic acid groups (broad SMARTS) is 1. The van der Waals surface area contributed by atoms with Crippen LogP contribution in [0.1, 0.15) is 38.1 Å². The summed E-state index contributed by atoms with van der Waals surface area (Å²) in [7, 11) is 0. The molecule has 0 spiro atoms. The Morgan fingerprint density at radius 2 is 1.86 bits per heavy atom. The second-order valence-electron chi connectivity index (χ2n) is 9.49. The van der Waals surface area contributed by atoms with Gasteiger partial charge in [0.1, 0.15) is 23.7 Å². The van der Waals surface area contributed by atoms with Crippen LogP contribution in [-0.4, -0.2) is 62.3 Å². The highest BCUT2D eigenvalue weighted by Crippen LogP contribution is 2.32. The monoisotopic (exact) mass is 510 g/mol. The van der Waals surface area contributed by atoms with Gasteiger partial charge in [-0.2, -0.15) is 0 Å². The van der Waals surface area contributed by atoms with Gasteiger partial charge in [-0.05, 0) is 29.7 Å². The van der Waals surface area contributed by atoms with Crippen LogP contribution >= 0.6 is 0 Å². The second-order valence-corrected chi connectivity index (χ2v) is 9.49. The molecule has 9 nitrogen and oxygen atoms in total. The second kappa shape index (κ2) is 11.4. The summed E-state index contributed by atoms with van der Waals surface area (Å²) in [5.74, 6) is 0.0918. The molecular weight excluding hydrogens is 479 g/mol. The average molecular weight is 511 g/mol. The van der Waals surface area contributed by atoms with Crippen LogP contribution < -0.4 is 4.74 Å². The Labute approximate surface area is 214 Å². The van der Waals surface area contributed by atoms with Crippen LogP contribution in [0.25, 0.3) is 11.5 Å². The minimum Gasteiger partial charge on any atom is -0.489 e. The number of amides is 2. The summed E-state index contributed by atoms with van der Waals surface area (Å²) in [4.78, 5) is 28.6. The van der Waals surface area contributed by atoms with Crippen molar-refractivity contribution in [1.82, 2.24) is 20.0 Å². The fourth-order valence-corrected chi connectivity index (χ4v) is 4.58. The van der Waals surface area contributed by atoms with Crippen molar-refractivity contribution in [2.45, 2.75) is 52.3 Å². The molecule has 0 aliphatic carbocycles. The number of ether oxygens (including phenoxy) is 1. The molecule has 1 atom stereocenters. The molecule has 3 aromatic rings. The zero-order chi connectivity index (χ0) is 26.5. The summed E-state index contributed by atoms with van der Waals surface area (Å²) in [5.41, 5.74) is 1.19. The molecule has 0 saturated carbocycles. The molecule has 1 aromatic heterocycles. The van der Waals surface area contributed by atoms with Crippen molar-refractivity contribution in [3.8, 4) is 17.2 Å². The van der Waals surface area contributed by atoms with E-state index in [4.69, 9.17) is 9.15 Å². The Balaban J connectivity index is 1.43. The number of halogens is 1. The number of carbonyl (C=O) groups is 2. The van der Waals surface area contributed by atoms with Crippen molar-refractivity contribution in [2.75, 3.05) is 13.1 Å². The number of piperidine rings is 1. The van der Waals surface area contributed by atoms with Gasteiger partial charge >= 0.3 is 6.09 Å². The van der Waals surface area contributed by atoms with Gasteiger partial charge in [-0.15, -0.1) is 10.2 Å². The van der Waals surface area contributed by atoms with Crippen LogP contribution in [0.4, 0.5) is 9.18 Å². The van der Waals surface area contributed by atoms with Crippen LogP contribution in [0.5, 0.6) is 5.75 Å². The molecule has 2 aromatic carbocycles. The molecule has 37 heavy (non-hydrogen) atoms. The van der Waals surface area contributed by atoms with E-state index in [1.807, 2.05) is 44.2 Å². The van der Waals surface area contributed by atoms with E-state index in [-0.39, 0.29) is 30.4 Å². The van der Waals surface area contributed by atoms with Crippen LogP contribution in [0.3, 0.4) is 0 Å². The number of aryl methyl sites for hydroxylation is 1. The molecule has 196 valence electrons. The maximum atomic E-state index is 13.9. The van der Waals surface area contributed by atoms with Crippen molar-refractivity contribution in [1.29, 1.82) is 0 Å². The predicted molar refractivity (Wildman–Crippen MR) is 133 cm³/mol. The van der Waals surface area contributed by atoms with Gasteiger partial charge < -0.3 is 19.2 Å². The van der Waals surface area contributed by atoms with E-state index < -0.39 is 18.0 Å². The molecule has 1 N–H and O–H groups in total. The number of aromatic nitrogens is 2. The first-order valence-electron chi connectivity index (χ1n) is 12.3. The standard InChI is InChI=1S/C27H31FN4O5/c1-17(2)24(32(27(34)35)16-19-7-5-4-6-8-19)26(33)31-13-11-21(12-14-31)37-23-10-9-20(28)15-22(23)25-30-29-18(3)36-25/h4-10,15,17,21,24H,11-14,16H2,1-3H3,(H,34,35)/t24-/m0/s1. The van der Waals surface area contributed by atoms with Crippen molar-refractivity contribution in [2.24, 2.45) is 5.92 Å². The molecular formula is C27H31FN4O5. The first-order chi connectivity index (χ1) is 17.7. The minimum atomic E-state index is -1.13. The van der Waals surface area contributed by atoms with Gasteiger partial charge in [0.2, 0.25) is 11.8 Å². The van der Waals surface area contributed by atoms with Gasteiger partial charge in [-0.1, -0.05) is 44.2 Å². The molecule has 2 amide bonds. The topological polar surface area (TPSA) is 109 Å². The summed E-state index contributed by atoms with van der Waals surface area (Å²) in [5, 5.41) is 17.7. The van der Waals surface area contributed by atoms with Gasteiger partial charge in [0.05, 0.1) is 5.56 Å². The average Bonchev–Trinajstić information content (AvgIpc) is 3.31. The summed E-state index contributed by atoms with van der Waals surface area (Å²) in [6, 6.07) is 12.6. The lowest BCUT2D eigenvalue weighted by Gasteiger charge is -2.38. The quantitative estimate of drug-likeness (QED) is 0.465. The number of carbonyl (C=O) groups excluding carboxylic acids is 1. The van der Waals surface area contributed by atoms with Gasteiger partial charge in [-0.25, -0.2) is 9.18 Å². The van der Waals surface area contributed by atoms with E-state index >= 15 is 0 Å². The van der Waals surface area contributed by atoms with E-state index in [0.717, 1.165) is 5.56 Å². The first kappa shape index (κ1) is 26.1. The molecule has 1 aliphatic rings. The minimum absolute atomic E-state index is 0.132. The van der Waals surface area contributed by atoms with Gasteiger partial charge in [0.15, 0.2) is 0 Å². The predicted octanol–water partition coefficient (Wildman–Crippen LogP) is 4.76. The van der Waals surface area contributed by atoms with Crippen LogP contribution in [-0.2, 0) is 11.3 Å². The number of hydrogen-bond acceptors (Lipinski definition) is 6. The van der Waals surface area contributed by atoms with E-state index in [1.165, 1.54) is 23.1 Å². The Morgan fingerprint density at radius 3 is 2.46 bits per heavy atom. The highest BCUT2D eigenvalue weighted by molar-refractivity contribution is 5.85.